The molecule has 0 bridgehead atoms. The number of ether oxygens (including phenoxy) is 3. The van der Waals surface area contributed by atoms with Gasteiger partial charge in [0.25, 0.3) is 0 Å². The maximum absolute atomic E-state index is 7.43. The van der Waals surface area contributed by atoms with E-state index in [1.807, 2.05) is 19.9 Å². The molecule has 1 aromatic rings. The maximum Gasteiger partial charge on any atom is 0.124 e. The van der Waals surface area contributed by atoms with Crippen molar-refractivity contribution in [3.63, 3.8) is 0 Å². The molecule has 5 nitrogen and oxygen atoms in total. The van der Waals surface area contributed by atoms with Crippen LogP contribution in [0.5, 0.6) is 5.75 Å². The van der Waals surface area contributed by atoms with Crippen LogP contribution in [0.2, 0.25) is 0 Å². The SMILES string of the molecule is COc1ccc(C(=N)N)cc1COCCOC(C)C. The van der Waals surface area contributed by atoms with Crippen molar-refractivity contribution in [1.82, 2.24) is 0 Å². The van der Waals surface area contributed by atoms with Crippen LogP contribution in [0.1, 0.15) is 25.0 Å². The van der Waals surface area contributed by atoms with Crippen molar-refractivity contribution >= 4 is 5.84 Å². The van der Waals surface area contributed by atoms with E-state index >= 15 is 0 Å². The van der Waals surface area contributed by atoms with E-state index < -0.39 is 0 Å². The molecule has 106 valence electrons. The number of rotatable bonds is 8. The van der Waals surface area contributed by atoms with Crippen molar-refractivity contribution in [2.45, 2.75) is 26.6 Å². The van der Waals surface area contributed by atoms with Crippen molar-refractivity contribution in [2.24, 2.45) is 5.73 Å². The van der Waals surface area contributed by atoms with Crippen LogP contribution >= 0.6 is 0 Å². The zero-order chi connectivity index (χ0) is 14.3. The number of hydrogen-bond donors (Lipinski definition) is 2. The van der Waals surface area contributed by atoms with Crippen LogP contribution in [-0.2, 0) is 16.1 Å². The summed E-state index contributed by atoms with van der Waals surface area (Å²) in [6.07, 6.45) is 0.208. The quantitative estimate of drug-likeness (QED) is 0.428. The van der Waals surface area contributed by atoms with Crippen LogP contribution < -0.4 is 10.5 Å². The average Bonchev–Trinajstić information content (AvgIpc) is 2.37. The summed E-state index contributed by atoms with van der Waals surface area (Å²) in [6, 6.07) is 5.36. The summed E-state index contributed by atoms with van der Waals surface area (Å²) in [5.74, 6) is 0.766. The van der Waals surface area contributed by atoms with Crippen molar-refractivity contribution < 1.29 is 14.2 Å². The fourth-order valence-electron chi connectivity index (χ4n) is 1.58. The van der Waals surface area contributed by atoms with E-state index in [9.17, 15) is 0 Å². The summed E-state index contributed by atoms with van der Waals surface area (Å²) in [6.45, 7) is 5.46. The Morgan fingerprint density at radius 1 is 1.32 bits per heavy atom. The topological polar surface area (TPSA) is 77.6 Å². The van der Waals surface area contributed by atoms with Gasteiger partial charge in [-0.05, 0) is 32.0 Å². The molecule has 19 heavy (non-hydrogen) atoms. The lowest BCUT2D eigenvalue weighted by atomic mass is 10.1. The number of amidine groups is 1. The van der Waals surface area contributed by atoms with Gasteiger partial charge in [-0.1, -0.05) is 0 Å². The molecule has 0 heterocycles. The second-order valence-electron chi connectivity index (χ2n) is 4.41. The summed E-state index contributed by atoms with van der Waals surface area (Å²) in [7, 11) is 1.61. The molecule has 0 spiro atoms. The third-order valence-electron chi connectivity index (χ3n) is 2.53. The zero-order valence-electron chi connectivity index (χ0n) is 11.7. The Morgan fingerprint density at radius 3 is 2.63 bits per heavy atom. The predicted molar refractivity (Wildman–Crippen MR) is 74.8 cm³/mol. The van der Waals surface area contributed by atoms with Gasteiger partial charge in [0, 0.05) is 11.1 Å². The van der Waals surface area contributed by atoms with Crippen LogP contribution in [0.15, 0.2) is 18.2 Å². The van der Waals surface area contributed by atoms with Crippen LogP contribution in [0.3, 0.4) is 0 Å². The lowest BCUT2D eigenvalue weighted by Crippen LogP contribution is -2.12. The largest absolute Gasteiger partial charge is 0.496 e. The third-order valence-corrected chi connectivity index (χ3v) is 2.53. The first-order valence-electron chi connectivity index (χ1n) is 6.25. The smallest absolute Gasteiger partial charge is 0.124 e. The number of nitrogens with one attached hydrogen (secondary N) is 1. The molecule has 0 aromatic heterocycles. The Hall–Kier alpha value is -1.59. The van der Waals surface area contributed by atoms with Crippen LogP contribution in [-0.4, -0.2) is 32.3 Å². The molecule has 0 atom stereocenters. The highest BCUT2D eigenvalue weighted by Gasteiger charge is 2.06. The first kappa shape index (κ1) is 15.5. The second-order valence-corrected chi connectivity index (χ2v) is 4.41. The minimum Gasteiger partial charge on any atom is -0.496 e. The van der Waals surface area contributed by atoms with E-state index in [2.05, 4.69) is 0 Å². The summed E-state index contributed by atoms with van der Waals surface area (Å²) >= 11 is 0. The molecule has 0 saturated carbocycles. The molecule has 0 fully saturated rings. The summed E-state index contributed by atoms with van der Waals surface area (Å²) < 4.78 is 16.2. The Kier molecular flexibility index (Phi) is 6.32. The lowest BCUT2D eigenvalue weighted by Gasteiger charge is -2.12. The summed E-state index contributed by atoms with van der Waals surface area (Å²) in [4.78, 5) is 0. The highest BCUT2D eigenvalue weighted by molar-refractivity contribution is 5.95. The van der Waals surface area contributed by atoms with E-state index in [1.54, 1.807) is 19.2 Å². The fourth-order valence-corrected chi connectivity index (χ4v) is 1.58. The van der Waals surface area contributed by atoms with Crippen molar-refractivity contribution in [3.8, 4) is 5.75 Å². The van der Waals surface area contributed by atoms with Crippen LogP contribution in [0.4, 0.5) is 0 Å². The van der Waals surface area contributed by atoms with Gasteiger partial charge in [0.1, 0.15) is 11.6 Å². The number of benzene rings is 1. The molecule has 1 aromatic carbocycles. The molecule has 0 aliphatic rings. The van der Waals surface area contributed by atoms with Gasteiger partial charge in [-0.15, -0.1) is 0 Å². The molecule has 0 radical (unpaired) electrons. The van der Waals surface area contributed by atoms with E-state index in [-0.39, 0.29) is 11.9 Å². The Balaban J connectivity index is 2.55. The molecular formula is C14H22N2O3. The molecular weight excluding hydrogens is 244 g/mol. The average molecular weight is 266 g/mol. The summed E-state index contributed by atoms with van der Waals surface area (Å²) in [5, 5.41) is 7.43. The van der Waals surface area contributed by atoms with Gasteiger partial charge in [0.2, 0.25) is 0 Å². The number of nitrogens with two attached hydrogens (primary N) is 1. The van der Waals surface area contributed by atoms with Gasteiger partial charge >= 0.3 is 0 Å². The summed E-state index contributed by atoms with van der Waals surface area (Å²) in [5.41, 5.74) is 7.00. The first-order valence-corrected chi connectivity index (χ1v) is 6.25. The first-order chi connectivity index (χ1) is 9.04. The molecule has 0 aliphatic carbocycles. The maximum atomic E-state index is 7.43. The second kappa shape index (κ2) is 7.76. The monoisotopic (exact) mass is 266 g/mol. The number of hydrogen-bond acceptors (Lipinski definition) is 4. The molecule has 0 saturated heterocycles. The standard InChI is InChI=1S/C14H22N2O3/c1-10(2)19-7-6-18-9-12-8-11(14(15)16)4-5-13(12)17-3/h4-5,8,10H,6-7,9H2,1-3H3,(H3,15,16). The van der Waals surface area contributed by atoms with Gasteiger partial charge in [-0.3, -0.25) is 5.41 Å². The number of methoxy groups -OCH3 is 1. The minimum absolute atomic E-state index is 0.0343. The Bertz CT molecular complexity index is 419. The van der Waals surface area contributed by atoms with Crippen LogP contribution in [0.25, 0.3) is 0 Å². The minimum atomic E-state index is 0.0343. The van der Waals surface area contributed by atoms with Gasteiger partial charge in [-0.25, -0.2) is 0 Å². The van der Waals surface area contributed by atoms with E-state index in [1.165, 1.54) is 0 Å². The van der Waals surface area contributed by atoms with E-state index in [4.69, 9.17) is 25.4 Å². The number of nitrogen functional groups attached to an aromatic ring is 1. The molecule has 1 rings (SSSR count). The van der Waals surface area contributed by atoms with Gasteiger partial charge in [0.15, 0.2) is 0 Å². The highest BCUT2D eigenvalue weighted by Crippen LogP contribution is 2.20. The van der Waals surface area contributed by atoms with Crippen LogP contribution in [0, 0.1) is 5.41 Å². The van der Waals surface area contributed by atoms with Crippen molar-refractivity contribution in [2.75, 3.05) is 20.3 Å². The zero-order valence-corrected chi connectivity index (χ0v) is 11.7. The van der Waals surface area contributed by atoms with Crippen molar-refractivity contribution in [1.29, 1.82) is 5.41 Å². The van der Waals surface area contributed by atoms with Gasteiger partial charge in [0.05, 0.1) is 33.0 Å². The predicted octanol–water partition coefficient (Wildman–Crippen LogP) is 1.92. The lowest BCUT2D eigenvalue weighted by molar-refractivity contribution is 0.0139. The van der Waals surface area contributed by atoms with E-state index in [0.717, 1.165) is 11.3 Å². The van der Waals surface area contributed by atoms with Gasteiger partial charge < -0.3 is 19.9 Å². The normalized spacial score (nSPS) is 10.7. The van der Waals surface area contributed by atoms with E-state index in [0.29, 0.717) is 25.4 Å². The Morgan fingerprint density at radius 2 is 2.05 bits per heavy atom. The molecule has 0 unspecified atom stereocenters. The molecule has 3 N–H and O–H groups in total. The Labute approximate surface area is 114 Å². The molecule has 5 heteroatoms. The third kappa shape index (κ3) is 5.28. The fraction of sp³-hybridized carbons (Fsp3) is 0.500. The molecule has 0 amide bonds. The highest BCUT2D eigenvalue weighted by atomic mass is 16.5. The molecule has 0 aliphatic heterocycles. The van der Waals surface area contributed by atoms with Gasteiger partial charge in [-0.2, -0.15) is 0 Å². The van der Waals surface area contributed by atoms with Crippen molar-refractivity contribution in [3.05, 3.63) is 29.3 Å².